The lowest BCUT2D eigenvalue weighted by Gasteiger charge is -2.27. The Morgan fingerprint density at radius 2 is 1.73 bits per heavy atom. The first-order valence-corrected chi connectivity index (χ1v) is 13.3. The molecule has 1 atom stereocenters. The number of nitrogens with one attached hydrogen (secondary N) is 1. The van der Waals surface area contributed by atoms with Gasteiger partial charge in [0.25, 0.3) is 5.56 Å². The highest BCUT2D eigenvalue weighted by atomic mass is 35.5. The van der Waals surface area contributed by atoms with Gasteiger partial charge in [-0.3, -0.25) is 9.69 Å². The highest BCUT2D eigenvalue weighted by Crippen LogP contribution is 2.26. The standard InChI is InChI=1S/C28H34ClN5O3/c1-32(23-6-4-21(5-7-23)19-33-12-15-36-16-13-33)24-8-10-25(11-9-24)34-28(35)27(29)26(18-31-34)30-17-22-3-2-14-37-20-22/h4-11,18,22,30H,2-3,12-17,19-20H2,1H3/t22-/m1/s1. The van der Waals surface area contributed by atoms with Crippen molar-refractivity contribution in [3.05, 3.63) is 75.7 Å². The second-order valence-electron chi connectivity index (χ2n) is 9.68. The molecular weight excluding hydrogens is 490 g/mol. The maximum absolute atomic E-state index is 12.9. The van der Waals surface area contributed by atoms with Crippen LogP contribution < -0.4 is 15.8 Å². The fraction of sp³-hybridized carbons (Fsp3) is 0.429. The van der Waals surface area contributed by atoms with Gasteiger partial charge in [0, 0.05) is 51.2 Å². The molecule has 196 valence electrons. The number of halogens is 1. The maximum atomic E-state index is 12.9. The number of nitrogens with zero attached hydrogens (tertiary/aromatic N) is 4. The predicted octanol–water partition coefficient (Wildman–Crippen LogP) is 4.32. The molecule has 2 aromatic carbocycles. The zero-order valence-corrected chi connectivity index (χ0v) is 22.0. The molecule has 3 aromatic rings. The van der Waals surface area contributed by atoms with E-state index in [1.54, 1.807) is 6.20 Å². The summed E-state index contributed by atoms with van der Waals surface area (Å²) in [5.41, 5.74) is 4.27. The molecule has 1 aromatic heterocycles. The van der Waals surface area contributed by atoms with Gasteiger partial charge < -0.3 is 19.7 Å². The molecule has 9 heteroatoms. The van der Waals surface area contributed by atoms with Crippen LogP contribution in [0, 0.1) is 5.92 Å². The van der Waals surface area contributed by atoms with Crippen LogP contribution in [0.1, 0.15) is 18.4 Å². The first-order chi connectivity index (χ1) is 18.1. The lowest BCUT2D eigenvalue weighted by atomic mass is 10.0. The van der Waals surface area contributed by atoms with Gasteiger partial charge in [-0.1, -0.05) is 23.7 Å². The number of hydrogen-bond acceptors (Lipinski definition) is 7. The van der Waals surface area contributed by atoms with E-state index in [1.165, 1.54) is 10.2 Å². The number of ether oxygens (including phenoxy) is 2. The van der Waals surface area contributed by atoms with Gasteiger partial charge in [-0.25, -0.2) is 0 Å². The number of morpholine rings is 1. The molecule has 0 aliphatic carbocycles. The maximum Gasteiger partial charge on any atom is 0.292 e. The third kappa shape index (κ3) is 6.33. The van der Waals surface area contributed by atoms with Crippen LogP contribution in [0.5, 0.6) is 0 Å². The van der Waals surface area contributed by atoms with E-state index in [4.69, 9.17) is 21.1 Å². The van der Waals surface area contributed by atoms with Gasteiger partial charge in [0.1, 0.15) is 5.02 Å². The fourth-order valence-electron chi connectivity index (χ4n) is 4.77. The molecule has 2 fully saturated rings. The molecule has 3 heterocycles. The Kier molecular flexibility index (Phi) is 8.41. The number of anilines is 3. The number of rotatable bonds is 8. The highest BCUT2D eigenvalue weighted by Gasteiger charge is 2.16. The summed E-state index contributed by atoms with van der Waals surface area (Å²) in [5, 5.41) is 7.78. The summed E-state index contributed by atoms with van der Waals surface area (Å²) in [6.45, 7) is 6.78. The van der Waals surface area contributed by atoms with Crippen molar-refractivity contribution >= 4 is 28.7 Å². The second kappa shape index (κ2) is 12.1. The Morgan fingerprint density at radius 3 is 2.41 bits per heavy atom. The van der Waals surface area contributed by atoms with Crippen LogP contribution in [-0.4, -0.2) is 67.8 Å². The molecule has 1 N–H and O–H groups in total. The molecule has 0 amide bonds. The average Bonchev–Trinajstić information content (AvgIpc) is 2.95. The molecule has 2 saturated heterocycles. The van der Waals surface area contributed by atoms with Crippen LogP contribution >= 0.6 is 11.6 Å². The zero-order valence-electron chi connectivity index (χ0n) is 21.2. The molecule has 0 unspecified atom stereocenters. The highest BCUT2D eigenvalue weighted by molar-refractivity contribution is 6.32. The van der Waals surface area contributed by atoms with E-state index in [-0.39, 0.29) is 10.6 Å². The minimum Gasteiger partial charge on any atom is -0.382 e. The predicted molar refractivity (Wildman–Crippen MR) is 147 cm³/mol. The number of aromatic nitrogens is 2. The van der Waals surface area contributed by atoms with Crippen molar-refractivity contribution in [2.24, 2.45) is 5.92 Å². The lowest BCUT2D eigenvalue weighted by Crippen LogP contribution is -2.35. The summed E-state index contributed by atoms with van der Waals surface area (Å²) in [4.78, 5) is 17.5. The molecule has 0 bridgehead atoms. The Balaban J connectivity index is 1.23. The molecule has 2 aliphatic rings. The summed E-state index contributed by atoms with van der Waals surface area (Å²) < 4.78 is 12.3. The van der Waals surface area contributed by atoms with Gasteiger partial charge in [-0.05, 0) is 60.7 Å². The van der Waals surface area contributed by atoms with Crippen molar-refractivity contribution < 1.29 is 9.47 Å². The van der Waals surface area contributed by atoms with Crippen molar-refractivity contribution in [3.8, 4) is 5.69 Å². The van der Waals surface area contributed by atoms with E-state index in [0.29, 0.717) is 23.8 Å². The van der Waals surface area contributed by atoms with Gasteiger partial charge in [0.15, 0.2) is 0 Å². The van der Waals surface area contributed by atoms with Crippen LogP contribution in [0.2, 0.25) is 5.02 Å². The van der Waals surface area contributed by atoms with Crippen molar-refractivity contribution in [1.82, 2.24) is 14.7 Å². The van der Waals surface area contributed by atoms with Crippen molar-refractivity contribution in [1.29, 1.82) is 0 Å². The van der Waals surface area contributed by atoms with Crippen molar-refractivity contribution in [2.75, 3.05) is 63.3 Å². The van der Waals surface area contributed by atoms with Crippen molar-refractivity contribution in [3.63, 3.8) is 0 Å². The molecule has 0 spiro atoms. The van der Waals surface area contributed by atoms with E-state index >= 15 is 0 Å². The third-order valence-electron chi connectivity index (χ3n) is 7.07. The number of hydrogen-bond donors (Lipinski definition) is 1. The topological polar surface area (TPSA) is 71.9 Å². The summed E-state index contributed by atoms with van der Waals surface area (Å²) in [6, 6.07) is 16.4. The van der Waals surface area contributed by atoms with Crippen LogP contribution in [0.25, 0.3) is 5.69 Å². The third-order valence-corrected chi connectivity index (χ3v) is 7.44. The quantitative estimate of drug-likeness (QED) is 0.471. The summed E-state index contributed by atoms with van der Waals surface area (Å²) in [7, 11) is 2.03. The van der Waals surface area contributed by atoms with Gasteiger partial charge in [-0.2, -0.15) is 9.78 Å². The Hall–Kier alpha value is -2.91. The Bertz CT molecular complexity index is 1220. The smallest absolute Gasteiger partial charge is 0.292 e. The lowest BCUT2D eigenvalue weighted by molar-refractivity contribution is 0.0342. The van der Waals surface area contributed by atoms with Crippen LogP contribution in [0.15, 0.2) is 59.5 Å². The van der Waals surface area contributed by atoms with Gasteiger partial charge in [0.05, 0.1) is 37.4 Å². The minimum atomic E-state index is -0.344. The van der Waals surface area contributed by atoms with E-state index in [2.05, 4.69) is 44.5 Å². The van der Waals surface area contributed by atoms with E-state index in [1.807, 2.05) is 31.3 Å². The minimum absolute atomic E-state index is 0.144. The molecule has 2 aliphatic heterocycles. The monoisotopic (exact) mass is 523 g/mol. The second-order valence-corrected chi connectivity index (χ2v) is 10.1. The Morgan fingerprint density at radius 1 is 1.03 bits per heavy atom. The van der Waals surface area contributed by atoms with E-state index in [0.717, 1.165) is 70.3 Å². The normalized spacial score (nSPS) is 18.5. The molecule has 37 heavy (non-hydrogen) atoms. The molecule has 8 nitrogen and oxygen atoms in total. The molecule has 5 rings (SSSR count). The van der Waals surface area contributed by atoms with E-state index < -0.39 is 0 Å². The SMILES string of the molecule is CN(c1ccc(CN2CCOCC2)cc1)c1ccc(-n2ncc(NC[C@H]3CCCOC3)c(Cl)c2=O)cc1. The van der Waals surface area contributed by atoms with Gasteiger partial charge >= 0.3 is 0 Å². The van der Waals surface area contributed by atoms with Crippen LogP contribution in [0.3, 0.4) is 0 Å². The molecular formula is C28H34ClN5O3. The zero-order chi connectivity index (χ0) is 25.6. The molecule has 0 radical (unpaired) electrons. The van der Waals surface area contributed by atoms with Crippen molar-refractivity contribution in [2.45, 2.75) is 19.4 Å². The van der Waals surface area contributed by atoms with Gasteiger partial charge in [0.2, 0.25) is 0 Å². The number of benzene rings is 2. The summed E-state index contributed by atoms with van der Waals surface area (Å²) in [6.07, 6.45) is 3.78. The fourth-order valence-corrected chi connectivity index (χ4v) is 4.97. The first-order valence-electron chi connectivity index (χ1n) is 12.9. The summed E-state index contributed by atoms with van der Waals surface area (Å²) in [5.74, 6) is 0.415. The van der Waals surface area contributed by atoms with E-state index in [9.17, 15) is 4.79 Å². The first kappa shape index (κ1) is 25.7. The van der Waals surface area contributed by atoms with Crippen LogP contribution in [-0.2, 0) is 16.0 Å². The average molecular weight is 524 g/mol. The largest absolute Gasteiger partial charge is 0.382 e. The molecule has 0 saturated carbocycles. The summed E-state index contributed by atoms with van der Waals surface area (Å²) >= 11 is 6.42. The Labute approximate surface area is 222 Å². The van der Waals surface area contributed by atoms with Gasteiger partial charge in [-0.15, -0.1) is 0 Å². The van der Waals surface area contributed by atoms with Crippen LogP contribution in [0.4, 0.5) is 17.1 Å².